The van der Waals surface area contributed by atoms with Crippen molar-refractivity contribution in [1.82, 2.24) is 0 Å². The second-order valence-corrected chi connectivity index (χ2v) is 21.7. The minimum absolute atomic E-state index is 0.262. The molecule has 0 aliphatic rings. The van der Waals surface area contributed by atoms with Crippen LogP contribution in [0, 0.1) is 0 Å². The zero-order chi connectivity index (χ0) is 23.1. The van der Waals surface area contributed by atoms with E-state index in [0.717, 1.165) is 29.6 Å². The van der Waals surface area contributed by atoms with Crippen LogP contribution in [-0.4, -0.2) is 41.3 Å². The lowest BCUT2D eigenvalue weighted by Gasteiger charge is -2.15. The Morgan fingerprint density at radius 3 is 1.23 bits per heavy atom. The van der Waals surface area contributed by atoms with Crippen LogP contribution in [0.25, 0.3) is 0 Å². The van der Waals surface area contributed by atoms with Crippen molar-refractivity contribution in [2.24, 2.45) is 0 Å². The smallest absolute Gasteiger partial charge is 0.338 e. The van der Waals surface area contributed by atoms with Gasteiger partial charge in [-0.1, -0.05) is 63.5 Å². The van der Waals surface area contributed by atoms with Gasteiger partial charge in [0.1, 0.15) is 0 Å². The number of rotatable bonds is 10. The maximum absolute atomic E-state index is 12.2. The van der Waals surface area contributed by atoms with Crippen molar-refractivity contribution in [3.05, 3.63) is 70.8 Å². The molecule has 0 atom stereocenters. The van der Waals surface area contributed by atoms with Crippen LogP contribution >= 0.6 is 0 Å². The van der Waals surface area contributed by atoms with Crippen molar-refractivity contribution in [2.45, 2.75) is 57.8 Å². The van der Waals surface area contributed by atoms with Gasteiger partial charge in [0.25, 0.3) is 0 Å². The average Bonchev–Trinajstić information content (AvgIpc) is 2.67. The maximum Gasteiger partial charge on any atom is 0.338 e. The van der Waals surface area contributed by atoms with Crippen molar-refractivity contribution < 1.29 is 19.1 Å². The minimum atomic E-state index is -1.21. The number of hydrogen-bond acceptors (Lipinski definition) is 4. The highest BCUT2D eigenvalue weighted by Crippen LogP contribution is 2.15. The first-order chi connectivity index (χ1) is 14.4. The molecule has 2 rings (SSSR count). The first kappa shape index (κ1) is 25.1. The number of carbonyl (C=O) groups is 2. The van der Waals surface area contributed by atoms with Gasteiger partial charge in [0.15, 0.2) is 0 Å². The Labute approximate surface area is 189 Å². The third kappa shape index (κ3) is 9.65. The standard InChI is InChI=1S/C25H36O4Si2/c1-30(2,3)17-15-28-24(26)22-11-7-20(8-12-22)19-21-9-13-23(14-10-21)25(27)29-16-18-31(4,5)6/h7-14H,15-19H2,1-6H3. The van der Waals surface area contributed by atoms with E-state index in [1.807, 2.05) is 48.5 Å². The number of benzene rings is 2. The number of ether oxygens (including phenoxy) is 2. The molecule has 0 bridgehead atoms. The highest BCUT2D eigenvalue weighted by atomic mass is 28.3. The second kappa shape index (κ2) is 10.9. The van der Waals surface area contributed by atoms with Crippen molar-refractivity contribution in [2.75, 3.05) is 13.2 Å². The summed E-state index contributed by atoms with van der Waals surface area (Å²) in [7, 11) is -2.42. The molecule has 0 unspecified atom stereocenters. The van der Waals surface area contributed by atoms with E-state index in [0.29, 0.717) is 24.3 Å². The Bertz CT molecular complexity index is 787. The van der Waals surface area contributed by atoms with Gasteiger partial charge in [-0.2, -0.15) is 0 Å². The summed E-state index contributed by atoms with van der Waals surface area (Å²) in [5.41, 5.74) is 3.36. The molecule has 0 aliphatic carbocycles. The zero-order valence-corrected chi connectivity index (χ0v) is 21.8. The third-order valence-corrected chi connectivity index (χ3v) is 8.37. The lowest BCUT2D eigenvalue weighted by Crippen LogP contribution is -2.22. The monoisotopic (exact) mass is 456 g/mol. The van der Waals surface area contributed by atoms with E-state index < -0.39 is 16.1 Å². The normalized spacial score (nSPS) is 11.8. The van der Waals surface area contributed by atoms with E-state index in [-0.39, 0.29) is 11.9 Å². The van der Waals surface area contributed by atoms with Crippen molar-refractivity contribution in [3.8, 4) is 0 Å². The number of carbonyl (C=O) groups excluding carboxylic acids is 2. The van der Waals surface area contributed by atoms with E-state index in [9.17, 15) is 9.59 Å². The molecule has 0 radical (unpaired) electrons. The van der Waals surface area contributed by atoms with Crippen LogP contribution in [0.2, 0.25) is 51.4 Å². The fourth-order valence-corrected chi connectivity index (χ4v) is 4.25. The van der Waals surface area contributed by atoms with Gasteiger partial charge in [-0.3, -0.25) is 0 Å². The van der Waals surface area contributed by atoms with E-state index in [4.69, 9.17) is 9.47 Å². The molecule has 0 aromatic heterocycles. The Balaban J connectivity index is 1.86. The second-order valence-electron chi connectivity index (χ2n) is 10.5. The minimum Gasteiger partial charge on any atom is -0.462 e. The molecule has 0 fully saturated rings. The largest absolute Gasteiger partial charge is 0.462 e. The molecular weight excluding hydrogens is 420 g/mol. The zero-order valence-electron chi connectivity index (χ0n) is 19.8. The van der Waals surface area contributed by atoms with Gasteiger partial charge >= 0.3 is 11.9 Å². The number of esters is 2. The molecule has 0 amide bonds. The Morgan fingerprint density at radius 2 is 0.935 bits per heavy atom. The van der Waals surface area contributed by atoms with Gasteiger partial charge in [-0.15, -0.1) is 0 Å². The predicted molar refractivity (Wildman–Crippen MR) is 133 cm³/mol. The lowest BCUT2D eigenvalue weighted by atomic mass is 10.0. The van der Waals surface area contributed by atoms with Crippen LogP contribution in [0.4, 0.5) is 0 Å². The molecule has 6 heteroatoms. The molecule has 0 spiro atoms. The Hall–Kier alpha value is -2.19. The molecule has 0 N–H and O–H groups in total. The van der Waals surface area contributed by atoms with Gasteiger partial charge < -0.3 is 9.47 Å². The van der Waals surface area contributed by atoms with Gasteiger partial charge in [0.05, 0.1) is 24.3 Å². The molecule has 4 nitrogen and oxygen atoms in total. The summed E-state index contributed by atoms with van der Waals surface area (Å²) >= 11 is 0. The first-order valence-corrected chi connectivity index (χ1v) is 18.4. The summed E-state index contributed by atoms with van der Waals surface area (Å²) in [5.74, 6) is -0.524. The fourth-order valence-electron chi connectivity index (χ4n) is 2.82. The molecular formula is C25H36O4Si2. The van der Waals surface area contributed by atoms with Crippen LogP contribution in [0.5, 0.6) is 0 Å². The molecule has 0 saturated heterocycles. The van der Waals surface area contributed by atoms with Crippen LogP contribution < -0.4 is 0 Å². The van der Waals surface area contributed by atoms with Gasteiger partial charge in [-0.05, 0) is 53.9 Å². The first-order valence-electron chi connectivity index (χ1n) is 11.0. The van der Waals surface area contributed by atoms with Crippen molar-refractivity contribution >= 4 is 28.1 Å². The maximum atomic E-state index is 12.2. The summed E-state index contributed by atoms with van der Waals surface area (Å²) in [4.78, 5) is 24.4. The van der Waals surface area contributed by atoms with Gasteiger partial charge in [0.2, 0.25) is 0 Å². The summed E-state index contributed by atoms with van der Waals surface area (Å²) in [5, 5.41) is 0. The quantitative estimate of drug-likeness (QED) is 0.312. The Morgan fingerprint density at radius 1 is 0.613 bits per heavy atom. The number of hydrogen-bond donors (Lipinski definition) is 0. The molecule has 31 heavy (non-hydrogen) atoms. The summed E-state index contributed by atoms with van der Waals surface area (Å²) < 4.78 is 10.8. The molecule has 0 saturated carbocycles. The van der Waals surface area contributed by atoms with Gasteiger partial charge in [-0.25, -0.2) is 9.59 Å². The predicted octanol–water partition coefficient (Wildman–Crippen LogP) is 6.27. The van der Waals surface area contributed by atoms with E-state index >= 15 is 0 Å². The van der Waals surface area contributed by atoms with Crippen molar-refractivity contribution in [1.29, 1.82) is 0 Å². The molecule has 2 aromatic rings. The van der Waals surface area contributed by atoms with E-state index in [1.165, 1.54) is 0 Å². The highest BCUT2D eigenvalue weighted by molar-refractivity contribution is 6.76. The van der Waals surface area contributed by atoms with Crippen LogP contribution in [0.3, 0.4) is 0 Å². The average molecular weight is 457 g/mol. The molecule has 0 aliphatic heterocycles. The lowest BCUT2D eigenvalue weighted by molar-refractivity contribution is 0.0515. The Kier molecular flexibility index (Phi) is 8.83. The SMILES string of the molecule is C[Si](C)(C)CCOC(=O)c1ccc(Cc2ccc(C(=O)OCC[Si](C)(C)C)cc2)cc1. The fraction of sp³-hybridized carbons (Fsp3) is 0.440. The van der Waals surface area contributed by atoms with Crippen molar-refractivity contribution in [3.63, 3.8) is 0 Å². The molecule has 2 aromatic carbocycles. The van der Waals surface area contributed by atoms with E-state index in [2.05, 4.69) is 39.3 Å². The summed E-state index contributed by atoms with van der Waals surface area (Å²) in [6.07, 6.45) is 0.732. The summed E-state index contributed by atoms with van der Waals surface area (Å²) in [6, 6.07) is 17.0. The topological polar surface area (TPSA) is 52.6 Å². The third-order valence-electron chi connectivity index (χ3n) is 4.96. The van der Waals surface area contributed by atoms with Crippen LogP contribution in [0.1, 0.15) is 31.8 Å². The van der Waals surface area contributed by atoms with Crippen LogP contribution in [-0.2, 0) is 15.9 Å². The molecule has 168 valence electrons. The van der Waals surface area contributed by atoms with E-state index in [1.54, 1.807) is 0 Å². The highest BCUT2D eigenvalue weighted by Gasteiger charge is 2.16. The molecule has 0 heterocycles. The van der Waals surface area contributed by atoms with Crippen LogP contribution in [0.15, 0.2) is 48.5 Å². The summed E-state index contributed by atoms with van der Waals surface area (Å²) in [6.45, 7) is 14.6. The van der Waals surface area contributed by atoms with Gasteiger partial charge in [0, 0.05) is 16.1 Å².